The fourth-order valence-electron chi connectivity index (χ4n) is 3.00. The summed E-state index contributed by atoms with van der Waals surface area (Å²) >= 11 is 0. The molecule has 1 aliphatic heterocycles. The third-order valence-electron chi connectivity index (χ3n) is 4.27. The Morgan fingerprint density at radius 1 is 1.00 bits per heavy atom. The molecule has 1 atom stereocenters. The molecule has 4 rings (SSSR count). The molecule has 0 saturated carbocycles. The van der Waals surface area contributed by atoms with Gasteiger partial charge < -0.3 is 0 Å². The lowest BCUT2D eigenvalue weighted by atomic mass is 9.99. The standard InChI is InChI=1S/C20H15FN4O/c21-16-6-2-1-5-15(16)19-13-18(17-7-3-4-10-23-17)24-25(19)20(26)14-8-11-22-12-9-14/h1-12,19H,13H2. The van der Waals surface area contributed by atoms with Crippen LogP contribution in [0.1, 0.15) is 34.1 Å². The molecule has 0 N–H and O–H groups in total. The Balaban J connectivity index is 1.76. The average molecular weight is 346 g/mol. The van der Waals surface area contributed by atoms with Crippen LogP contribution in [0.15, 0.2) is 78.3 Å². The maximum atomic E-state index is 14.4. The quantitative estimate of drug-likeness (QED) is 0.728. The smallest absolute Gasteiger partial charge is 0.267 e. The van der Waals surface area contributed by atoms with Gasteiger partial charge in [-0.25, -0.2) is 9.40 Å². The third-order valence-corrected chi connectivity index (χ3v) is 4.27. The van der Waals surface area contributed by atoms with Crippen LogP contribution >= 0.6 is 0 Å². The Hall–Kier alpha value is -3.41. The van der Waals surface area contributed by atoms with Crippen molar-refractivity contribution in [3.63, 3.8) is 0 Å². The van der Waals surface area contributed by atoms with Crippen molar-refractivity contribution in [3.05, 3.63) is 95.8 Å². The highest BCUT2D eigenvalue weighted by Crippen LogP contribution is 2.34. The highest BCUT2D eigenvalue weighted by atomic mass is 19.1. The second kappa shape index (κ2) is 6.84. The van der Waals surface area contributed by atoms with Gasteiger partial charge in [-0.15, -0.1) is 0 Å². The van der Waals surface area contributed by atoms with E-state index in [4.69, 9.17) is 0 Å². The lowest BCUT2D eigenvalue weighted by Crippen LogP contribution is -2.27. The van der Waals surface area contributed by atoms with E-state index >= 15 is 0 Å². The minimum Gasteiger partial charge on any atom is -0.267 e. The van der Waals surface area contributed by atoms with Gasteiger partial charge in [0.1, 0.15) is 5.82 Å². The molecule has 6 heteroatoms. The highest BCUT2D eigenvalue weighted by Gasteiger charge is 2.35. The van der Waals surface area contributed by atoms with E-state index in [0.29, 0.717) is 29.0 Å². The maximum Gasteiger partial charge on any atom is 0.274 e. The molecule has 128 valence electrons. The number of halogens is 1. The topological polar surface area (TPSA) is 58.5 Å². The largest absolute Gasteiger partial charge is 0.274 e. The van der Waals surface area contributed by atoms with E-state index in [0.717, 1.165) is 0 Å². The second-order valence-corrected chi connectivity index (χ2v) is 5.89. The third kappa shape index (κ3) is 2.97. The van der Waals surface area contributed by atoms with Crippen LogP contribution in [-0.2, 0) is 0 Å². The normalized spacial score (nSPS) is 16.4. The Bertz CT molecular complexity index is 960. The van der Waals surface area contributed by atoms with E-state index in [-0.39, 0.29) is 11.7 Å². The number of aromatic nitrogens is 2. The number of hydrogen-bond acceptors (Lipinski definition) is 4. The molecule has 2 aromatic heterocycles. The second-order valence-electron chi connectivity index (χ2n) is 5.89. The molecule has 0 fully saturated rings. The lowest BCUT2D eigenvalue weighted by Gasteiger charge is -2.22. The van der Waals surface area contributed by atoms with Crippen LogP contribution in [0.4, 0.5) is 4.39 Å². The van der Waals surface area contributed by atoms with Crippen molar-refractivity contribution in [2.75, 3.05) is 0 Å². The number of benzene rings is 1. The van der Waals surface area contributed by atoms with Crippen molar-refractivity contribution in [1.82, 2.24) is 15.0 Å². The minimum atomic E-state index is -0.520. The summed E-state index contributed by atoms with van der Waals surface area (Å²) in [6, 6.07) is 14.7. The molecule has 0 radical (unpaired) electrons. The number of nitrogens with zero attached hydrogens (tertiary/aromatic N) is 4. The van der Waals surface area contributed by atoms with Crippen LogP contribution in [0.25, 0.3) is 0 Å². The van der Waals surface area contributed by atoms with Crippen molar-refractivity contribution >= 4 is 11.6 Å². The SMILES string of the molecule is O=C(c1ccncc1)N1N=C(c2ccccn2)CC1c1ccccc1F. The molecule has 26 heavy (non-hydrogen) atoms. The summed E-state index contributed by atoms with van der Waals surface area (Å²) in [7, 11) is 0. The fraction of sp³-hybridized carbons (Fsp3) is 0.100. The predicted molar refractivity (Wildman–Crippen MR) is 94.9 cm³/mol. The van der Waals surface area contributed by atoms with Gasteiger partial charge in [0.25, 0.3) is 5.91 Å². The van der Waals surface area contributed by atoms with Crippen LogP contribution < -0.4 is 0 Å². The van der Waals surface area contributed by atoms with E-state index in [9.17, 15) is 9.18 Å². The van der Waals surface area contributed by atoms with Gasteiger partial charge in [-0.3, -0.25) is 14.8 Å². The van der Waals surface area contributed by atoms with Gasteiger partial charge in [0.2, 0.25) is 0 Å². The Kier molecular flexibility index (Phi) is 4.23. The summed E-state index contributed by atoms with van der Waals surface area (Å²) in [6.07, 6.45) is 5.16. The summed E-state index contributed by atoms with van der Waals surface area (Å²) < 4.78 is 14.4. The van der Waals surface area contributed by atoms with Gasteiger partial charge >= 0.3 is 0 Å². The van der Waals surface area contributed by atoms with E-state index in [2.05, 4.69) is 15.1 Å². The number of carbonyl (C=O) groups is 1. The highest BCUT2D eigenvalue weighted by molar-refractivity contribution is 6.03. The molecule has 1 unspecified atom stereocenters. The predicted octanol–water partition coefficient (Wildman–Crippen LogP) is 3.61. The summed E-state index contributed by atoms with van der Waals surface area (Å²) in [5.74, 6) is -0.658. The van der Waals surface area contributed by atoms with Gasteiger partial charge in [-0.2, -0.15) is 5.10 Å². The molecule has 0 bridgehead atoms. The molecule has 0 saturated heterocycles. The van der Waals surface area contributed by atoms with Crippen molar-refractivity contribution in [2.45, 2.75) is 12.5 Å². The Morgan fingerprint density at radius 3 is 2.50 bits per heavy atom. The first kappa shape index (κ1) is 16.1. The number of carbonyl (C=O) groups excluding carboxylic acids is 1. The summed E-state index contributed by atoms with van der Waals surface area (Å²) in [4.78, 5) is 21.2. The van der Waals surface area contributed by atoms with Crippen molar-refractivity contribution in [1.29, 1.82) is 0 Å². The number of hydrogen-bond donors (Lipinski definition) is 0. The first-order valence-electron chi connectivity index (χ1n) is 8.21. The molecular weight excluding hydrogens is 331 g/mol. The average Bonchev–Trinajstić information content (AvgIpc) is 3.14. The molecular formula is C20H15FN4O. The van der Waals surface area contributed by atoms with Crippen molar-refractivity contribution < 1.29 is 9.18 Å². The summed E-state index contributed by atoms with van der Waals surface area (Å²) in [6.45, 7) is 0. The monoisotopic (exact) mass is 346 g/mol. The molecule has 3 aromatic rings. The van der Waals surface area contributed by atoms with Gasteiger partial charge in [0.15, 0.2) is 0 Å². The summed E-state index contributed by atoms with van der Waals surface area (Å²) in [5.41, 5.74) is 2.22. The molecule has 1 aliphatic rings. The Morgan fingerprint density at radius 2 is 1.77 bits per heavy atom. The maximum absolute atomic E-state index is 14.4. The minimum absolute atomic E-state index is 0.299. The van der Waals surface area contributed by atoms with E-state index in [1.807, 2.05) is 18.2 Å². The van der Waals surface area contributed by atoms with E-state index < -0.39 is 6.04 Å². The van der Waals surface area contributed by atoms with Crippen molar-refractivity contribution in [3.8, 4) is 0 Å². The number of rotatable bonds is 3. The molecule has 1 aromatic carbocycles. The Labute approximate surface area is 149 Å². The van der Waals surface area contributed by atoms with Crippen LogP contribution in [0, 0.1) is 5.82 Å². The van der Waals surface area contributed by atoms with Crippen LogP contribution in [0.2, 0.25) is 0 Å². The molecule has 1 amide bonds. The zero-order valence-corrected chi connectivity index (χ0v) is 13.8. The summed E-state index contributed by atoms with van der Waals surface area (Å²) in [5, 5.41) is 5.83. The molecule has 0 aliphatic carbocycles. The lowest BCUT2D eigenvalue weighted by molar-refractivity contribution is 0.0708. The van der Waals surface area contributed by atoms with Gasteiger partial charge in [-0.1, -0.05) is 24.3 Å². The first-order chi connectivity index (χ1) is 12.7. The van der Waals surface area contributed by atoms with Crippen molar-refractivity contribution in [2.24, 2.45) is 5.10 Å². The fourth-order valence-corrected chi connectivity index (χ4v) is 3.00. The van der Waals surface area contributed by atoms with Gasteiger partial charge in [-0.05, 0) is 30.3 Å². The number of hydrazone groups is 1. The molecule has 0 spiro atoms. The van der Waals surface area contributed by atoms with Crippen LogP contribution in [-0.4, -0.2) is 26.6 Å². The first-order valence-corrected chi connectivity index (χ1v) is 8.21. The van der Waals surface area contributed by atoms with Gasteiger partial charge in [0, 0.05) is 36.1 Å². The van der Waals surface area contributed by atoms with Crippen LogP contribution in [0.5, 0.6) is 0 Å². The number of amides is 1. The number of pyridine rings is 2. The van der Waals surface area contributed by atoms with Gasteiger partial charge in [0.05, 0.1) is 17.4 Å². The van der Waals surface area contributed by atoms with Crippen LogP contribution in [0.3, 0.4) is 0 Å². The van der Waals surface area contributed by atoms with E-state index in [1.54, 1.807) is 48.9 Å². The zero-order valence-electron chi connectivity index (χ0n) is 13.8. The molecule has 3 heterocycles. The zero-order chi connectivity index (χ0) is 17.9. The molecule has 5 nitrogen and oxygen atoms in total. The van der Waals surface area contributed by atoms with E-state index in [1.165, 1.54) is 11.1 Å².